The molecule has 228 valence electrons. The maximum Gasteiger partial charge on any atom is 0.247 e. The van der Waals surface area contributed by atoms with Crippen LogP contribution in [0.25, 0.3) is 0 Å². The molecule has 2 aromatic carbocycles. The smallest absolute Gasteiger partial charge is 0.247 e. The molecule has 0 aliphatic heterocycles. The van der Waals surface area contributed by atoms with E-state index in [-0.39, 0.29) is 44.5 Å². The molecule has 0 heterocycles. The van der Waals surface area contributed by atoms with Crippen LogP contribution in [0.5, 0.6) is 11.5 Å². The highest BCUT2D eigenvalue weighted by atomic mass is 127. The van der Waals surface area contributed by atoms with Crippen LogP contribution < -0.4 is 14.8 Å². The molecule has 2 aliphatic rings. The number of rotatable bonds is 12. The van der Waals surface area contributed by atoms with E-state index in [1.165, 1.54) is 19.2 Å². The molecule has 4 rings (SSSR count). The van der Waals surface area contributed by atoms with Crippen molar-refractivity contribution in [1.29, 1.82) is 0 Å². The zero-order valence-corrected chi connectivity index (χ0v) is 25.8. The van der Waals surface area contributed by atoms with Gasteiger partial charge in [-0.3, -0.25) is 9.59 Å². The Balaban J connectivity index is 1.71. The maximum absolute atomic E-state index is 13.9. The first-order chi connectivity index (χ1) is 20.2. The SMILES string of the molecule is COc1cc(CO)cc(I)c1OC1C=C(C(=O)NCCO)CC(N(Cc2ccc(F)cc2)C(=O)CC2CCCC2)C1O. The minimum absolute atomic E-state index is 0.0448. The van der Waals surface area contributed by atoms with Gasteiger partial charge in [0, 0.05) is 31.5 Å². The number of carbonyl (C=O) groups is 2. The van der Waals surface area contributed by atoms with Gasteiger partial charge >= 0.3 is 0 Å². The molecule has 1 saturated carbocycles. The highest BCUT2D eigenvalue weighted by Crippen LogP contribution is 2.38. The van der Waals surface area contributed by atoms with E-state index in [4.69, 9.17) is 9.47 Å². The Hall–Kier alpha value is -2.74. The number of ether oxygens (including phenoxy) is 2. The second-order valence-electron chi connectivity index (χ2n) is 10.8. The van der Waals surface area contributed by atoms with Crippen molar-refractivity contribution in [2.75, 3.05) is 20.3 Å². The molecule has 0 aromatic heterocycles. The van der Waals surface area contributed by atoms with Gasteiger partial charge in [-0.15, -0.1) is 0 Å². The van der Waals surface area contributed by atoms with Crippen molar-refractivity contribution >= 4 is 34.4 Å². The number of aliphatic hydroxyl groups excluding tert-OH is 3. The molecule has 3 unspecified atom stereocenters. The van der Waals surface area contributed by atoms with Crippen LogP contribution in [0.2, 0.25) is 0 Å². The summed E-state index contributed by atoms with van der Waals surface area (Å²) < 4.78 is 26.1. The van der Waals surface area contributed by atoms with Crippen molar-refractivity contribution in [3.8, 4) is 11.5 Å². The van der Waals surface area contributed by atoms with Crippen molar-refractivity contribution in [2.24, 2.45) is 5.92 Å². The number of nitrogens with one attached hydrogen (secondary N) is 1. The van der Waals surface area contributed by atoms with Crippen LogP contribution in [-0.4, -0.2) is 70.5 Å². The van der Waals surface area contributed by atoms with Crippen molar-refractivity contribution in [3.63, 3.8) is 0 Å². The minimum atomic E-state index is -1.22. The number of amides is 2. The van der Waals surface area contributed by atoms with Crippen LogP contribution in [0.3, 0.4) is 0 Å². The first kappa shape index (κ1) is 32.2. The Labute approximate surface area is 258 Å². The van der Waals surface area contributed by atoms with E-state index in [1.54, 1.807) is 35.2 Å². The van der Waals surface area contributed by atoms with Crippen molar-refractivity contribution in [1.82, 2.24) is 10.2 Å². The fraction of sp³-hybridized carbons (Fsp3) is 0.484. The number of halogens is 2. The molecule has 0 spiro atoms. The summed E-state index contributed by atoms with van der Waals surface area (Å²) >= 11 is 2.05. The first-order valence-electron chi connectivity index (χ1n) is 14.2. The van der Waals surface area contributed by atoms with Gasteiger partial charge in [0.2, 0.25) is 11.8 Å². The number of benzene rings is 2. The zero-order chi connectivity index (χ0) is 30.2. The number of aliphatic hydroxyl groups is 3. The normalized spacial score (nSPS) is 20.6. The molecule has 2 aliphatic carbocycles. The summed E-state index contributed by atoms with van der Waals surface area (Å²) in [5, 5.41) is 33.3. The summed E-state index contributed by atoms with van der Waals surface area (Å²) in [7, 11) is 1.47. The third-order valence-electron chi connectivity index (χ3n) is 7.86. The highest BCUT2D eigenvalue weighted by Gasteiger charge is 2.41. The Morgan fingerprint density at radius 2 is 1.83 bits per heavy atom. The predicted molar refractivity (Wildman–Crippen MR) is 162 cm³/mol. The van der Waals surface area contributed by atoms with E-state index in [1.807, 2.05) is 0 Å². The second-order valence-corrected chi connectivity index (χ2v) is 11.9. The summed E-state index contributed by atoms with van der Waals surface area (Å²) in [5.74, 6) is -0.0495. The van der Waals surface area contributed by atoms with E-state index < -0.39 is 30.0 Å². The molecule has 11 heteroatoms. The number of carbonyl (C=O) groups excluding carboxylic acids is 2. The van der Waals surface area contributed by atoms with E-state index in [9.17, 15) is 29.3 Å². The van der Waals surface area contributed by atoms with Gasteiger partial charge in [0.15, 0.2) is 11.5 Å². The van der Waals surface area contributed by atoms with Gasteiger partial charge in [0.25, 0.3) is 0 Å². The van der Waals surface area contributed by atoms with Gasteiger partial charge in [0.05, 0.1) is 29.9 Å². The van der Waals surface area contributed by atoms with Crippen molar-refractivity contribution < 1.29 is 38.8 Å². The van der Waals surface area contributed by atoms with Crippen LogP contribution in [0.1, 0.15) is 49.7 Å². The Morgan fingerprint density at radius 1 is 1.12 bits per heavy atom. The molecule has 3 atom stereocenters. The largest absolute Gasteiger partial charge is 0.493 e. The van der Waals surface area contributed by atoms with Gasteiger partial charge in [-0.25, -0.2) is 4.39 Å². The average molecular weight is 697 g/mol. The molecule has 0 saturated heterocycles. The van der Waals surface area contributed by atoms with Crippen LogP contribution in [0.4, 0.5) is 4.39 Å². The molecule has 1 fully saturated rings. The molecule has 2 aromatic rings. The van der Waals surface area contributed by atoms with Gasteiger partial charge < -0.3 is 35.0 Å². The Bertz CT molecular complexity index is 1270. The molecular weight excluding hydrogens is 658 g/mol. The lowest BCUT2D eigenvalue weighted by atomic mass is 9.87. The average Bonchev–Trinajstić information content (AvgIpc) is 3.50. The van der Waals surface area contributed by atoms with Crippen molar-refractivity contribution in [3.05, 3.63) is 68.6 Å². The molecule has 4 N–H and O–H groups in total. The summed E-state index contributed by atoms with van der Waals surface area (Å²) in [6, 6.07) is 8.41. The Kier molecular flexibility index (Phi) is 11.6. The van der Waals surface area contributed by atoms with Gasteiger partial charge in [-0.1, -0.05) is 25.0 Å². The lowest BCUT2D eigenvalue weighted by Crippen LogP contribution is -2.55. The molecule has 0 radical (unpaired) electrons. The second kappa shape index (κ2) is 15.1. The quantitative estimate of drug-likeness (QED) is 0.251. The fourth-order valence-electron chi connectivity index (χ4n) is 5.65. The van der Waals surface area contributed by atoms with Crippen LogP contribution in [0, 0.1) is 15.3 Å². The molecule has 42 heavy (non-hydrogen) atoms. The predicted octanol–water partition coefficient (Wildman–Crippen LogP) is 3.46. The third-order valence-corrected chi connectivity index (χ3v) is 8.67. The number of methoxy groups -OCH3 is 1. The molecular formula is C31H38FIN2O7. The number of nitrogens with zero attached hydrogens (tertiary/aromatic N) is 1. The van der Waals surface area contributed by atoms with Gasteiger partial charge in [-0.05, 0) is 82.8 Å². The van der Waals surface area contributed by atoms with Gasteiger partial charge in [-0.2, -0.15) is 0 Å². The number of hydrogen-bond acceptors (Lipinski definition) is 7. The van der Waals surface area contributed by atoms with E-state index >= 15 is 0 Å². The fourth-order valence-corrected chi connectivity index (χ4v) is 6.44. The van der Waals surface area contributed by atoms with E-state index in [0.29, 0.717) is 38.2 Å². The zero-order valence-electron chi connectivity index (χ0n) is 23.6. The van der Waals surface area contributed by atoms with Crippen LogP contribution in [0.15, 0.2) is 48.0 Å². The minimum Gasteiger partial charge on any atom is -0.493 e. The maximum atomic E-state index is 13.9. The monoisotopic (exact) mass is 696 g/mol. The third kappa shape index (κ3) is 8.00. The summed E-state index contributed by atoms with van der Waals surface area (Å²) in [5.41, 5.74) is 1.62. The van der Waals surface area contributed by atoms with Gasteiger partial charge in [0.1, 0.15) is 18.0 Å². The van der Waals surface area contributed by atoms with Crippen LogP contribution >= 0.6 is 22.6 Å². The Morgan fingerprint density at radius 3 is 2.48 bits per heavy atom. The molecule has 9 nitrogen and oxygen atoms in total. The standard InChI is InChI=1S/C31H38FIN2O7/c1-41-27-13-21(18-37)12-24(33)30(27)42-26-16-22(31(40)34-10-11-36)15-25(29(26)39)35(17-20-6-8-23(32)9-7-20)28(38)14-19-4-2-3-5-19/h6-9,12-13,16,19,25-26,29,36-37,39H,2-5,10-11,14-15,17-18H2,1H3,(H,34,40). The van der Waals surface area contributed by atoms with E-state index in [2.05, 4.69) is 27.9 Å². The summed E-state index contributed by atoms with van der Waals surface area (Å²) in [4.78, 5) is 28.6. The lowest BCUT2D eigenvalue weighted by Gasteiger charge is -2.41. The van der Waals surface area contributed by atoms with Crippen molar-refractivity contribution in [2.45, 2.75) is 69.9 Å². The topological polar surface area (TPSA) is 129 Å². The lowest BCUT2D eigenvalue weighted by molar-refractivity contribution is -0.140. The summed E-state index contributed by atoms with van der Waals surface area (Å²) in [6.45, 7) is -0.271. The molecule has 0 bridgehead atoms. The summed E-state index contributed by atoms with van der Waals surface area (Å²) in [6.07, 6.45) is 3.75. The first-order valence-corrected chi connectivity index (χ1v) is 15.3. The molecule has 2 amide bonds. The van der Waals surface area contributed by atoms with Crippen LogP contribution in [-0.2, 0) is 22.7 Å². The highest BCUT2D eigenvalue weighted by molar-refractivity contribution is 14.1. The number of hydrogen-bond donors (Lipinski definition) is 4. The van der Waals surface area contributed by atoms with E-state index in [0.717, 1.165) is 25.7 Å².